The Bertz CT molecular complexity index is 309. The highest BCUT2D eigenvalue weighted by molar-refractivity contribution is 5.66. The van der Waals surface area contributed by atoms with E-state index in [1.807, 2.05) is 29.8 Å². The molecule has 5 nitrogen and oxygen atoms in total. The maximum atomic E-state index is 10.3. The van der Waals surface area contributed by atoms with Crippen LogP contribution in [-0.4, -0.2) is 39.1 Å². The van der Waals surface area contributed by atoms with Crippen LogP contribution in [-0.2, 0) is 18.4 Å². The first kappa shape index (κ1) is 10.7. The molecule has 1 heterocycles. The van der Waals surface area contributed by atoms with E-state index in [9.17, 15) is 4.79 Å². The summed E-state index contributed by atoms with van der Waals surface area (Å²) in [6, 6.07) is 0. The van der Waals surface area contributed by atoms with Gasteiger partial charge in [-0.15, -0.1) is 0 Å². The minimum absolute atomic E-state index is 0.168. The lowest BCUT2D eigenvalue weighted by molar-refractivity contribution is -0.137. The van der Waals surface area contributed by atoms with Gasteiger partial charge in [-0.1, -0.05) is 0 Å². The molecule has 0 amide bonds. The summed E-state index contributed by atoms with van der Waals surface area (Å²) in [6.45, 7) is 1.22. The second kappa shape index (κ2) is 4.76. The Morgan fingerprint density at radius 1 is 1.71 bits per heavy atom. The number of carboxylic acid groups (broad SMARTS) is 1. The van der Waals surface area contributed by atoms with Gasteiger partial charge in [0.15, 0.2) is 0 Å². The van der Waals surface area contributed by atoms with E-state index in [1.54, 1.807) is 6.20 Å². The van der Waals surface area contributed by atoms with Gasteiger partial charge in [-0.25, -0.2) is 4.98 Å². The Labute approximate surface area is 83.0 Å². The Kier molecular flexibility index (Phi) is 3.64. The van der Waals surface area contributed by atoms with Crippen LogP contribution in [0.3, 0.4) is 0 Å². The summed E-state index contributed by atoms with van der Waals surface area (Å²) in [5, 5.41) is 8.50. The van der Waals surface area contributed by atoms with Crippen molar-refractivity contribution in [3.8, 4) is 0 Å². The fourth-order valence-corrected chi connectivity index (χ4v) is 1.16. The molecule has 0 unspecified atom stereocenters. The fraction of sp³-hybridized carbons (Fsp3) is 0.556. The van der Waals surface area contributed by atoms with E-state index in [0.29, 0.717) is 13.1 Å². The van der Waals surface area contributed by atoms with Crippen molar-refractivity contribution in [2.75, 3.05) is 13.6 Å². The molecule has 0 aliphatic heterocycles. The van der Waals surface area contributed by atoms with Crippen molar-refractivity contribution < 1.29 is 9.90 Å². The molecule has 0 saturated carbocycles. The van der Waals surface area contributed by atoms with E-state index in [2.05, 4.69) is 4.98 Å². The molecule has 0 fully saturated rings. The summed E-state index contributed by atoms with van der Waals surface area (Å²) in [6.07, 6.45) is 3.78. The molecule has 14 heavy (non-hydrogen) atoms. The zero-order chi connectivity index (χ0) is 10.6. The number of aliphatic carboxylic acids is 1. The van der Waals surface area contributed by atoms with Crippen LogP contribution in [0.15, 0.2) is 12.4 Å². The second-order valence-electron chi connectivity index (χ2n) is 3.34. The van der Waals surface area contributed by atoms with Crippen molar-refractivity contribution in [2.45, 2.75) is 13.0 Å². The van der Waals surface area contributed by atoms with Crippen LogP contribution in [0.25, 0.3) is 0 Å². The zero-order valence-electron chi connectivity index (χ0n) is 8.47. The van der Waals surface area contributed by atoms with Crippen molar-refractivity contribution >= 4 is 5.97 Å². The minimum atomic E-state index is -0.767. The van der Waals surface area contributed by atoms with E-state index >= 15 is 0 Å². The van der Waals surface area contributed by atoms with Crippen LogP contribution in [0.4, 0.5) is 0 Å². The van der Waals surface area contributed by atoms with Crippen LogP contribution in [0, 0.1) is 0 Å². The van der Waals surface area contributed by atoms with Gasteiger partial charge < -0.3 is 9.67 Å². The number of nitrogens with zero attached hydrogens (tertiary/aromatic N) is 3. The predicted octanol–water partition coefficient (Wildman–Crippen LogP) is 0.327. The predicted molar refractivity (Wildman–Crippen MR) is 51.8 cm³/mol. The molecule has 1 aromatic heterocycles. The maximum Gasteiger partial charge on any atom is 0.304 e. The van der Waals surface area contributed by atoms with Gasteiger partial charge in [0.05, 0.1) is 13.0 Å². The number of carboxylic acids is 1. The molecule has 5 heteroatoms. The number of hydrogen-bond acceptors (Lipinski definition) is 3. The average molecular weight is 197 g/mol. The molecule has 0 aromatic carbocycles. The molecule has 1 rings (SSSR count). The summed E-state index contributed by atoms with van der Waals surface area (Å²) in [5.74, 6) is 0.176. The quantitative estimate of drug-likeness (QED) is 0.738. The monoisotopic (exact) mass is 197 g/mol. The molecule has 0 bridgehead atoms. The smallest absolute Gasteiger partial charge is 0.304 e. The van der Waals surface area contributed by atoms with Crippen LogP contribution >= 0.6 is 0 Å². The Morgan fingerprint density at radius 3 is 2.93 bits per heavy atom. The highest BCUT2D eigenvalue weighted by Crippen LogP contribution is 1.99. The Balaban J connectivity index is 2.37. The van der Waals surface area contributed by atoms with Gasteiger partial charge in [0.1, 0.15) is 5.82 Å². The number of rotatable bonds is 5. The summed E-state index contributed by atoms with van der Waals surface area (Å²) in [5.41, 5.74) is 0. The first-order valence-electron chi connectivity index (χ1n) is 4.46. The average Bonchev–Trinajstić information content (AvgIpc) is 2.49. The third kappa shape index (κ3) is 3.18. The third-order valence-electron chi connectivity index (χ3n) is 2.04. The number of aryl methyl sites for hydroxylation is 1. The van der Waals surface area contributed by atoms with Crippen molar-refractivity contribution in [3.05, 3.63) is 18.2 Å². The van der Waals surface area contributed by atoms with Crippen molar-refractivity contribution in [3.63, 3.8) is 0 Å². The maximum absolute atomic E-state index is 10.3. The lowest BCUT2D eigenvalue weighted by Gasteiger charge is -2.14. The molecule has 0 aliphatic rings. The number of carbonyl (C=O) groups is 1. The molecule has 1 N–H and O–H groups in total. The first-order valence-corrected chi connectivity index (χ1v) is 4.46. The molecule has 0 atom stereocenters. The van der Waals surface area contributed by atoms with Crippen LogP contribution < -0.4 is 0 Å². The number of hydrogen-bond donors (Lipinski definition) is 1. The van der Waals surface area contributed by atoms with Gasteiger partial charge in [-0.05, 0) is 7.05 Å². The zero-order valence-corrected chi connectivity index (χ0v) is 8.47. The fourth-order valence-electron chi connectivity index (χ4n) is 1.16. The molecular formula is C9H15N3O2. The lowest BCUT2D eigenvalue weighted by atomic mass is 10.4. The van der Waals surface area contributed by atoms with Crippen LogP contribution in [0.1, 0.15) is 12.2 Å². The van der Waals surface area contributed by atoms with Gasteiger partial charge in [0.25, 0.3) is 0 Å². The normalized spacial score (nSPS) is 10.8. The van der Waals surface area contributed by atoms with Gasteiger partial charge in [0, 0.05) is 26.0 Å². The van der Waals surface area contributed by atoms with Crippen molar-refractivity contribution in [1.29, 1.82) is 0 Å². The third-order valence-corrected chi connectivity index (χ3v) is 2.04. The lowest BCUT2D eigenvalue weighted by Crippen LogP contribution is -2.22. The summed E-state index contributed by atoms with van der Waals surface area (Å²) >= 11 is 0. The molecule has 78 valence electrons. The van der Waals surface area contributed by atoms with E-state index < -0.39 is 5.97 Å². The van der Waals surface area contributed by atoms with Gasteiger partial charge in [0.2, 0.25) is 0 Å². The molecule has 1 aromatic rings. The van der Waals surface area contributed by atoms with E-state index in [0.717, 1.165) is 5.82 Å². The SMILES string of the molecule is CN(CCC(=O)O)Cc1nccn1C. The molecule has 0 spiro atoms. The Hall–Kier alpha value is -1.36. The van der Waals surface area contributed by atoms with Crippen molar-refractivity contribution in [1.82, 2.24) is 14.5 Å². The highest BCUT2D eigenvalue weighted by atomic mass is 16.4. The minimum Gasteiger partial charge on any atom is -0.481 e. The standard InChI is InChI=1S/C9H15N3O2/c1-11(5-3-9(13)14)7-8-10-4-6-12(8)2/h4,6H,3,5,7H2,1-2H3,(H,13,14). The van der Waals surface area contributed by atoms with E-state index in [4.69, 9.17) is 5.11 Å². The largest absolute Gasteiger partial charge is 0.481 e. The number of imidazole rings is 1. The molecule has 0 radical (unpaired) electrons. The van der Waals surface area contributed by atoms with Crippen LogP contribution in [0.5, 0.6) is 0 Å². The molecule has 0 saturated heterocycles. The van der Waals surface area contributed by atoms with E-state index in [-0.39, 0.29) is 6.42 Å². The summed E-state index contributed by atoms with van der Waals surface area (Å²) in [7, 11) is 3.81. The van der Waals surface area contributed by atoms with Gasteiger partial charge >= 0.3 is 5.97 Å². The summed E-state index contributed by atoms with van der Waals surface area (Å²) < 4.78 is 1.93. The topological polar surface area (TPSA) is 58.4 Å². The van der Waals surface area contributed by atoms with Crippen LogP contribution in [0.2, 0.25) is 0 Å². The van der Waals surface area contributed by atoms with Gasteiger partial charge in [-0.2, -0.15) is 0 Å². The van der Waals surface area contributed by atoms with E-state index in [1.165, 1.54) is 0 Å². The highest BCUT2D eigenvalue weighted by Gasteiger charge is 2.05. The first-order chi connectivity index (χ1) is 6.59. The number of aromatic nitrogens is 2. The van der Waals surface area contributed by atoms with Crippen molar-refractivity contribution in [2.24, 2.45) is 7.05 Å². The molecular weight excluding hydrogens is 182 g/mol. The van der Waals surface area contributed by atoms with Gasteiger partial charge in [-0.3, -0.25) is 9.69 Å². The second-order valence-corrected chi connectivity index (χ2v) is 3.34. The summed E-state index contributed by atoms with van der Waals surface area (Å²) in [4.78, 5) is 16.4. The Morgan fingerprint density at radius 2 is 2.43 bits per heavy atom. The molecule has 0 aliphatic carbocycles.